The van der Waals surface area contributed by atoms with E-state index in [2.05, 4.69) is 0 Å². The molecule has 0 aliphatic carbocycles. The lowest BCUT2D eigenvalue weighted by Gasteiger charge is -2.12. The molecule has 0 saturated carbocycles. The monoisotopic (exact) mass is 415 g/mol. The third-order valence-electron chi connectivity index (χ3n) is 5.30. The van der Waals surface area contributed by atoms with E-state index in [1.165, 1.54) is 0 Å². The van der Waals surface area contributed by atoms with Crippen LogP contribution in [0.3, 0.4) is 0 Å². The van der Waals surface area contributed by atoms with Crippen LogP contribution in [0.5, 0.6) is 5.75 Å². The minimum Gasteiger partial charge on any atom is -0.506 e. The van der Waals surface area contributed by atoms with Gasteiger partial charge >= 0.3 is 0 Å². The van der Waals surface area contributed by atoms with E-state index in [0.717, 1.165) is 16.8 Å². The smallest absolute Gasteiger partial charge is 0.281 e. The van der Waals surface area contributed by atoms with Crippen LogP contribution in [0.2, 0.25) is 5.02 Å². The SMILES string of the molecule is Cn1c2cn(-c3ccccc3O)c(-c3ccc(Cl)cc3)c2c(=O)n1-c1ccccc1. The average molecular weight is 416 g/mol. The van der Waals surface area contributed by atoms with Crippen LogP contribution in [0.1, 0.15) is 0 Å². The van der Waals surface area contributed by atoms with Crippen molar-refractivity contribution in [2.45, 2.75) is 0 Å². The Kier molecular flexibility index (Phi) is 4.26. The van der Waals surface area contributed by atoms with Crippen LogP contribution < -0.4 is 5.56 Å². The van der Waals surface area contributed by atoms with Gasteiger partial charge in [0.15, 0.2) is 0 Å². The second-order valence-electron chi connectivity index (χ2n) is 7.08. The number of phenolic OH excluding ortho intramolecular Hbond substituents is 1. The maximum Gasteiger partial charge on any atom is 0.281 e. The summed E-state index contributed by atoms with van der Waals surface area (Å²) in [5.74, 6) is 0.136. The molecule has 0 aliphatic heterocycles. The predicted molar refractivity (Wildman–Crippen MR) is 120 cm³/mol. The molecule has 0 saturated heterocycles. The fourth-order valence-corrected chi connectivity index (χ4v) is 4.03. The number of aryl methyl sites for hydroxylation is 1. The van der Waals surface area contributed by atoms with Gasteiger partial charge in [0, 0.05) is 18.3 Å². The van der Waals surface area contributed by atoms with Gasteiger partial charge in [-0.15, -0.1) is 0 Å². The molecule has 2 aromatic heterocycles. The number of para-hydroxylation sites is 3. The van der Waals surface area contributed by atoms with E-state index in [0.29, 0.717) is 21.8 Å². The topological polar surface area (TPSA) is 52.1 Å². The normalized spacial score (nSPS) is 11.3. The molecule has 0 atom stereocenters. The van der Waals surface area contributed by atoms with E-state index >= 15 is 0 Å². The zero-order chi connectivity index (χ0) is 20.8. The summed E-state index contributed by atoms with van der Waals surface area (Å²) in [5, 5.41) is 11.7. The minimum absolute atomic E-state index is 0.127. The first-order valence-electron chi connectivity index (χ1n) is 9.49. The molecule has 30 heavy (non-hydrogen) atoms. The number of benzene rings is 3. The quantitative estimate of drug-likeness (QED) is 0.443. The van der Waals surface area contributed by atoms with Crippen molar-refractivity contribution in [2.75, 3.05) is 0 Å². The predicted octanol–water partition coefficient (Wildman–Crippen LogP) is 5.15. The summed E-state index contributed by atoms with van der Waals surface area (Å²) in [6, 6.07) is 24.0. The van der Waals surface area contributed by atoms with Crippen LogP contribution in [0, 0.1) is 0 Å². The first-order valence-corrected chi connectivity index (χ1v) is 9.87. The summed E-state index contributed by atoms with van der Waals surface area (Å²) in [6.45, 7) is 0. The van der Waals surface area contributed by atoms with E-state index in [-0.39, 0.29) is 11.3 Å². The van der Waals surface area contributed by atoms with Gasteiger partial charge in [-0.2, -0.15) is 0 Å². The van der Waals surface area contributed by atoms with E-state index in [1.807, 2.05) is 77.1 Å². The molecule has 1 N–H and O–H groups in total. The second-order valence-corrected chi connectivity index (χ2v) is 7.52. The highest BCUT2D eigenvalue weighted by atomic mass is 35.5. The van der Waals surface area contributed by atoms with E-state index < -0.39 is 0 Å². The molecule has 0 unspecified atom stereocenters. The van der Waals surface area contributed by atoms with Gasteiger partial charge in [-0.05, 0) is 42.0 Å². The molecular formula is C24H18ClN3O2. The summed E-state index contributed by atoms with van der Waals surface area (Å²) in [4.78, 5) is 13.6. The Morgan fingerprint density at radius 2 is 1.53 bits per heavy atom. The van der Waals surface area contributed by atoms with Crippen LogP contribution in [0.4, 0.5) is 0 Å². The van der Waals surface area contributed by atoms with Crippen molar-refractivity contribution < 1.29 is 5.11 Å². The van der Waals surface area contributed by atoms with Gasteiger partial charge in [0.05, 0.1) is 28.0 Å². The third kappa shape index (κ3) is 2.75. The van der Waals surface area contributed by atoms with Crippen LogP contribution in [0.15, 0.2) is 89.9 Å². The first kappa shape index (κ1) is 18.3. The van der Waals surface area contributed by atoms with Crippen LogP contribution in [0.25, 0.3) is 33.5 Å². The lowest BCUT2D eigenvalue weighted by molar-refractivity contribution is 0.472. The van der Waals surface area contributed by atoms with Crippen molar-refractivity contribution in [3.05, 3.63) is 100 Å². The van der Waals surface area contributed by atoms with E-state index in [1.54, 1.807) is 28.9 Å². The Morgan fingerprint density at radius 1 is 0.867 bits per heavy atom. The van der Waals surface area contributed by atoms with Crippen LogP contribution in [-0.2, 0) is 7.05 Å². The average Bonchev–Trinajstić information content (AvgIpc) is 3.26. The molecule has 5 nitrogen and oxygen atoms in total. The van der Waals surface area contributed by atoms with Crippen molar-refractivity contribution >= 4 is 22.5 Å². The zero-order valence-electron chi connectivity index (χ0n) is 16.2. The molecule has 6 heteroatoms. The molecule has 3 aromatic carbocycles. The highest BCUT2D eigenvalue weighted by Crippen LogP contribution is 2.35. The molecule has 0 bridgehead atoms. The van der Waals surface area contributed by atoms with Gasteiger partial charge in [0.1, 0.15) is 5.75 Å². The Bertz CT molecular complexity index is 1430. The molecule has 0 radical (unpaired) electrons. The molecule has 0 spiro atoms. The Balaban J connectivity index is 1.89. The zero-order valence-corrected chi connectivity index (χ0v) is 16.9. The Hall–Kier alpha value is -3.70. The minimum atomic E-state index is -0.127. The third-order valence-corrected chi connectivity index (χ3v) is 5.55. The van der Waals surface area contributed by atoms with Crippen molar-refractivity contribution in [3.8, 4) is 28.4 Å². The fraction of sp³-hybridized carbons (Fsp3) is 0.0417. The summed E-state index contributed by atoms with van der Waals surface area (Å²) in [5.41, 5.74) is 3.57. The fourth-order valence-electron chi connectivity index (χ4n) is 3.91. The molecule has 0 fully saturated rings. The van der Waals surface area contributed by atoms with Gasteiger partial charge in [-0.3, -0.25) is 9.48 Å². The number of hydrogen-bond acceptors (Lipinski definition) is 2. The van der Waals surface area contributed by atoms with Crippen molar-refractivity contribution in [1.82, 2.24) is 13.9 Å². The maximum atomic E-state index is 13.6. The van der Waals surface area contributed by atoms with Crippen molar-refractivity contribution in [3.63, 3.8) is 0 Å². The molecule has 0 amide bonds. The van der Waals surface area contributed by atoms with Crippen molar-refractivity contribution in [1.29, 1.82) is 0 Å². The Morgan fingerprint density at radius 3 is 2.23 bits per heavy atom. The maximum absolute atomic E-state index is 13.6. The molecule has 0 aliphatic rings. The van der Waals surface area contributed by atoms with Crippen molar-refractivity contribution in [2.24, 2.45) is 7.05 Å². The number of nitrogens with zero attached hydrogens (tertiary/aromatic N) is 3. The van der Waals surface area contributed by atoms with Gasteiger partial charge in [0.2, 0.25) is 0 Å². The van der Waals surface area contributed by atoms with Gasteiger partial charge in [0.25, 0.3) is 5.56 Å². The lowest BCUT2D eigenvalue weighted by Crippen LogP contribution is -2.20. The number of aromatic hydroxyl groups is 1. The second kappa shape index (κ2) is 6.97. The van der Waals surface area contributed by atoms with Crippen LogP contribution >= 0.6 is 11.6 Å². The first-order chi connectivity index (χ1) is 14.6. The summed E-state index contributed by atoms with van der Waals surface area (Å²) >= 11 is 6.10. The molecule has 5 rings (SSSR count). The Labute approximate surface area is 177 Å². The molecule has 148 valence electrons. The number of hydrogen-bond donors (Lipinski definition) is 1. The lowest BCUT2D eigenvalue weighted by atomic mass is 10.1. The number of aromatic nitrogens is 3. The molecular weight excluding hydrogens is 398 g/mol. The van der Waals surface area contributed by atoms with Gasteiger partial charge in [-0.1, -0.05) is 54.1 Å². The number of fused-ring (bicyclic) bond motifs is 1. The molecule has 2 heterocycles. The highest BCUT2D eigenvalue weighted by Gasteiger charge is 2.23. The number of halogens is 1. The largest absolute Gasteiger partial charge is 0.506 e. The van der Waals surface area contributed by atoms with E-state index in [4.69, 9.17) is 11.6 Å². The number of phenols is 1. The summed E-state index contributed by atoms with van der Waals surface area (Å²) < 4.78 is 5.35. The van der Waals surface area contributed by atoms with Gasteiger partial charge in [-0.25, -0.2) is 4.68 Å². The molecule has 5 aromatic rings. The summed E-state index contributed by atoms with van der Waals surface area (Å²) in [6.07, 6.45) is 1.88. The standard InChI is InChI=1S/C24H18ClN3O2/c1-26-20-15-27(19-9-5-6-10-21(19)29)23(16-11-13-17(25)14-12-16)22(20)24(30)28(26)18-7-3-2-4-8-18/h2-15,29H,1H3. The van der Waals surface area contributed by atoms with E-state index in [9.17, 15) is 9.90 Å². The summed E-state index contributed by atoms with van der Waals surface area (Å²) in [7, 11) is 1.86. The highest BCUT2D eigenvalue weighted by molar-refractivity contribution is 6.30. The number of rotatable bonds is 3. The van der Waals surface area contributed by atoms with Crippen LogP contribution in [-0.4, -0.2) is 19.0 Å². The van der Waals surface area contributed by atoms with Gasteiger partial charge < -0.3 is 9.67 Å².